The maximum Gasteiger partial charge on any atom is 0.306 e. The summed E-state index contributed by atoms with van der Waals surface area (Å²) in [6, 6.07) is 11.7. The SMILES string of the molecule is N#CC1=CC2Nc3ccccc3C2N(c2ccc(F)c([N+](=O)[O-])c2)C1=O. The summed E-state index contributed by atoms with van der Waals surface area (Å²) in [5.41, 5.74) is 1.01. The fraction of sp³-hybridized carbons (Fsp3) is 0.111. The molecular formula is C18H11FN4O3. The molecule has 2 aliphatic rings. The number of carbonyl (C=O) groups excluding carboxylic acids is 1. The summed E-state index contributed by atoms with van der Waals surface area (Å²) in [5.74, 6) is -1.56. The van der Waals surface area contributed by atoms with E-state index in [1.54, 1.807) is 6.08 Å². The topological polar surface area (TPSA) is 99.3 Å². The van der Waals surface area contributed by atoms with Crippen LogP contribution in [0.3, 0.4) is 0 Å². The van der Waals surface area contributed by atoms with E-state index in [2.05, 4.69) is 5.32 Å². The number of nitrogens with zero attached hydrogens (tertiary/aromatic N) is 3. The zero-order valence-corrected chi connectivity index (χ0v) is 13.2. The van der Waals surface area contributed by atoms with E-state index in [0.29, 0.717) is 0 Å². The molecule has 0 radical (unpaired) electrons. The minimum Gasteiger partial charge on any atom is -0.376 e. The summed E-state index contributed by atoms with van der Waals surface area (Å²) < 4.78 is 13.7. The van der Waals surface area contributed by atoms with Gasteiger partial charge in [-0.3, -0.25) is 19.8 Å². The highest BCUT2D eigenvalue weighted by atomic mass is 19.1. The van der Waals surface area contributed by atoms with Crippen LogP contribution < -0.4 is 10.2 Å². The predicted octanol–water partition coefficient (Wildman–Crippen LogP) is 3.07. The van der Waals surface area contributed by atoms with Crippen molar-refractivity contribution in [2.24, 2.45) is 0 Å². The molecule has 2 aromatic rings. The first-order chi connectivity index (χ1) is 12.5. The first-order valence-corrected chi connectivity index (χ1v) is 7.76. The molecule has 0 saturated carbocycles. The Morgan fingerprint density at radius 3 is 2.77 bits per heavy atom. The smallest absolute Gasteiger partial charge is 0.306 e. The Balaban J connectivity index is 1.90. The summed E-state index contributed by atoms with van der Waals surface area (Å²) in [5, 5.41) is 23.6. The van der Waals surface area contributed by atoms with Gasteiger partial charge in [0.25, 0.3) is 5.91 Å². The molecule has 0 bridgehead atoms. The quantitative estimate of drug-likeness (QED) is 0.663. The maximum absolute atomic E-state index is 13.7. The van der Waals surface area contributed by atoms with Gasteiger partial charge in [0.05, 0.1) is 22.7 Å². The number of nitrogens with one attached hydrogen (secondary N) is 1. The highest BCUT2D eigenvalue weighted by molar-refractivity contribution is 6.10. The van der Waals surface area contributed by atoms with Crippen molar-refractivity contribution in [1.29, 1.82) is 5.26 Å². The number of amides is 1. The number of nitro benzene ring substituents is 1. The average molecular weight is 350 g/mol. The molecule has 2 aromatic carbocycles. The minimum absolute atomic E-state index is 0.0708. The fourth-order valence-electron chi connectivity index (χ4n) is 3.43. The molecule has 0 spiro atoms. The third-order valence-electron chi connectivity index (χ3n) is 4.54. The van der Waals surface area contributed by atoms with Gasteiger partial charge in [-0.25, -0.2) is 0 Å². The molecule has 1 amide bonds. The number of fused-ring (bicyclic) bond motifs is 3. The predicted molar refractivity (Wildman–Crippen MR) is 90.8 cm³/mol. The van der Waals surface area contributed by atoms with Crippen molar-refractivity contribution >= 4 is 23.0 Å². The van der Waals surface area contributed by atoms with Gasteiger partial charge in [0, 0.05) is 17.3 Å². The molecule has 26 heavy (non-hydrogen) atoms. The van der Waals surface area contributed by atoms with E-state index >= 15 is 0 Å². The van der Waals surface area contributed by atoms with Crippen LogP contribution in [-0.4, -0.2) is 16.9 Å². The maximum atomic E-state index is 13.7. The molecule has 2 aliphatic heterocycles. The van der Waals surface area contributed by atoms with E-state index in [-0.39, 0.29) is 17.3 Å². The van der Waals surface area contributed by atoms with Gasteiger partial charge in [-0.05, 0) is 24.3 Å². The number of nitriles is 1. The molecule has 1 N–H and O–H groups in total. The van der Waals surface area contributed by atoms with Crippen LogP contribution in [0.25, 0.3) is 0 Å². The molecule has 2 atom stereocenters. The Labute approximate surface area is 147 Å². The third kappa shape index (κ3) is 2.22. The van der Waals surface area contributed by atoms with Gasteiger partial charge in [0.15, 0.2) is 0 Å². The molecule has 2 unspecified atom stereocenters. The first kappa shape index (κ1) is 15.8. The summed E-state index contributed by atoms with van der Waals surface area (Å²) in [6.45, 7) is 0. The zero-order chi connectivity index (χ0) is 18.4. The highest BCUT2D eigenvalue weighted by Gasteiger charge is 2.43. The van der Waals surface area contributed by atoms with Crippen LogP contribution in [0.1, 0.15) is 11.6 Å². The third-order valence-corrected chi connectivity index (χ3v) is 4.54. The summed E-state index contributed by atoms with van der Waals surface area (Å²) >= 11 is 0. The van der Waals surface area contributed by atoms with Gasteiger partial charge in [0.1, 0.15) is 11.6 Å². The molecule has 128 valence electrons. The Morgan fingerprint density at radius 2 is 2.04 bits per heavy atom. The number of anilines is 2. The average Bonchev–Trinajstić information content (AvgIpc) is 3.00. The standard InChI is InChI=1S/C18H11FN4O3/c19-13-6-5-11(8-16(13)23(25)26)22-17-12-3-1-2-4-14(12)21-15(17)7-10(9-20)18(22)24/h1-8,15,17,21H. The number of rotatable bonds is 2. The van der Waals surface area contributed by atoms with Crippen LogP contribution in [0.15, 0.2) is 54.1 Å². The van der Waals surface area contributed by atoms with Crippen molar-refractivity contribution in [1.82, 2.24) is 0 Å². The highest BCUT2D eigenvalue weighted by Crippen LogP contribution is 2.44. The van der Waals surface area contributed by atoms with Crippen LogP contribution in [-0.2, 0) is 4.79 Å². The van der Waals surface area contributed by atoms with Crippen LogP contribution >= 0.6 is 0 Å². The van der Waals surface area contributed by atoms with Crippen LogP contribution in [0.5, 0.6) is 0 Å². The zero-order valence-electron chi connectivity index (χ0n) is 13.2. The first-order valence-electron chi connectivity index (χ1n) is 7.76. The molecule has 0 aromatic heterocycles. The van der Waals surface area contributed by atoms with Gasteiger partial charge < -0.3 is 5.32 Å². The second-order valence-electron chi connectivity index (χ2n) is 5.96. The summed E-state index contributed by atoms with van der Waals surface area (Å²) in [4.78, 5) is 24.4. The van der Waals surface area contributed by atoms with Crippen molar-refractivity contribution in [3.05, 3.63) is 75.6 Å². The Kier molecular flexibility index (Phi) is 3.44. The normalized spacial score (nSPS) is 20.5. The Bertz CT molecular complexity index is 1030. The van der Waals surface area contributed by atoms with E-state index in [0.717, 1.165) is 23.4 Å². The lowest BCUT2D eigenvalue weighted by Crippen LogP contribution is -2.44. The number of hydrogen-bond acceptors (Lipinski definition) is 5. The number of nitro groups is 1. The minimum atomic E-state index is -0.985. The lowest BCUT2D eigenvalue weighted by molar-refractivity contribution is -0.387. The molecule has 2 heterocycles. The fourth-order valence-corrected chi connectivity index (χ4v) is 3.43. The van der Waals surface area contributed by atoms with E-state index in [1.807, 2.05) is 30.3 Å². The largest absolute Gasteiger partial charge is 0.376 e. The van der Waals surface area contributed by atoms with Crippen LogP contribution in [0.2, 0.25) is 0 Å². The lowest BCUT2D eigenvalue weighted by atomic mass is 9.94. The lowest BCUT2D eigenvalue weighted by Gasteiger charge is -2.35. The Hall–Kier alpha value is -3.73. The van der Waals surface area contributed by atoms with Gasteiger partial charge in [-0.15, -0.1) is 0 Å². The van der Waals surface area contributed by atoms with Crippen molar-refractivity contribution in [3.63, 3.8) is 0 Å². The number of halogens is 1. The van der Waals surface area contributed by atoms with Gasteiger partial charge >= 0.3 is 5.69 Å². The van der Waals surface area contributed by atoms with Crippen LogP contribution in [0.4, 0.5) is 21.5 Å². The van der Waals surface area contributed by atoms with Crippen molar-refractivity contribution in [2.75, 3.05) is 10.2 Å². The van der Waals surface area contributed by atoms with Gasteiger partial charge in [0.2, 0.25) is 5.82 Å². The number of carbonyl (C=O) groups is 1. The molecule has 8 heteroatoms. The number of para-hydroxylation sites is 1. The van der Waals surface area contributed by atoms with E-state index < -0.39 is 28.4 Å². The molecule has 0 saturated heterocycles. The summed E-state index contributed by atoms with van der Waals surface area (Å²) in [7, 11) is 0. The van der Waals surface area contributed by atoms with E-state index in [9.17, 15) is 24.6 Å². The second-order valence-corrected chi connectivity index (χ2v) is 5.96. The summed E-state index contributed by atoms with van der Waals surface area (Å²) in [6.07, 6.45) is 1.56. The molecule has 4 rings (SSSR count). The number of hydrogen-bond donors (Lipinski definition) is 1. The molecule has 0 aliphatic carbocycles. The van der Waals surface area contributed by atoms with Crippen LogP contribution in [0, 0.1) is 27.3 Å². The van der Waals surface area contributed by atoms with Crippen molar-refractivity contribution in [3.8, 4) is 6.07 Å². The molecule has 7 nitrogen and oxygen atoms in total. The Morgan fingerprint density at radius 1 is 1.27 bits per heavy atom. The van der Waals surface area contributed by atoms with Crippen molar-refractivity contribution < 1.29 is 14.1 Å². The molecular weight excluding hydrogens is 339 g/mol. The number of benzene rings is 2. The monoisotopic (exact) mass is 350 g/mol. The molecule has 0 fully saturated rings. The van der Waals surface area contributed by atoms with E-state index in [4.69, 9.17) is 0 Å². The second kappa shape index (κ2) is 5.67. The van der Waals surface area contributed by atoms with E-state index in [1.165, 1.54) is 11.0 Å². The van der Waals surface area contributed by atoms with Gasteiger partial charge in [-0.1, -0.05) is 18.2 Å². The van der Waals surface area contributed by atoms with Gasteiger partial charge in [-0.2, -0.15) is 9.65 Å². The van der Waals surface area contributed by atoms with Crippen molar-refractivity contribution in [2.45, 2.75) is 12.1 Å².